The van der Waals surface area contributed by atoms with Gasteiger partial charge in [-0.1, -0.05) is 55.3 Å². The van der Waals surface area contributed by atoms with Gasteiger partial charge >= 0.3 is 11.6 Å². The number of carbonyl (C=O) groups is 1. The Balaban J connectivity index is 1.94. The summed E-state index contributed by atoms with van der Waals surface area (Å²) in [5.41, 5.74) is 1.94. The van der Waals surface area contributed by atoms with E-state index in [9.17, 15) is 14.9 Å². The van der Waals surface area contributed by atoms with Crippen LogP contribution in [0, 0.1) is 17.0 Å². The molecule has 3 rings (SSSR count). The summed E-state index contributed by atoms with van der Waals surface area (Å²) in [5, 5.41) is 14.4. The molecule has 2 aromatic carbocycles. The van der Waals surface area contributed by atoms with E-state index in [1.165, 1.54) is 0 Å². The Bertz CT molecular complexity index is 932. The Morgan fingerprint density at radius 1 is 1.14 bits per heavy atom. The van der Waals surface area contributed by atoms with E-state index < -0.39 is 16.4 Å². The number of rotatable bonds is 7. The van der Waals surface area contributed by atoms with Crippen molar-refractivity contribution in [3.8, 4) is 5.75 Å². The maximum absolute atomic E-state index is 12.7. The molecule has 6 heteroatoms. The lowest BCUT2D eigenvalue weighted by Gasteiger charge is -2.35. The van der Waals surface area contributed by atoms with Crippen molar-refractivity contribution >= 4 is 11.5 Å². The Kier molecular flexibility index (Phi) is 6.01. The van der Waals surface area contributed by atoms with E-state index in [2.05, 4.69) is 12.2 Å². The number of benzene rings is 2. The molecule has 1 heterocycles. The van der Waals surface area contributed by atoms with Gasteiger partial charge in [0.05, 0.1) is 17.1 Å². The Morgan fingerprint density at radius 3 is 2.38 bits per heavy atom. The highest BCUT2D eigenvalue weighted by Crippen LogP contribution is 2.39. The number of nitro groups is 1. The highest BCUT2D eigenvalue weighted by molar-refractivity contribution is 6.01. The molecule has 6 nitrogen and oxygen atoms in total. The lowest BCUT2D eigenvalue weighted by Crippen LogP contribution is -2.48. The van der Waals surface area contributed by atoms with Gasteiger partial charge in [-0.2, -0.15) is 0 Å². The van der Waals surface area contributed by atoms with Gasteiger partial charge in [-0.05, 0) is 43.5 Å². The predicted molar refractivity (Wildman–Crippen MR) is 112 cm³/mol. The molecule has 0 aromatic heterocycles. The van der Waals surface area contributed by atoms with Gasteiger partial charge in [-0.3, -0.25) is 14.9 Å². The van der Waals surface area contributed by atoms with Gasteiger partial charge < -0.3 is 10.1 Å². The van der Waals surface area contributed by atoms with Crippen molar-refractivity contribution in [2.24, 2.45) is 0 Å². The molecule has 0 fully saturated rings. The molecule has 0 radical (unpaired) electrons. The van der Waals surface area contributed by atoms with E-state index in [0.717, 1.165) is 29.7 Å². The second kappa shape index (κ2) is 8.47. The van der Waals surface area contributed by atoms with Gasteiger partial charge in [-0.15, -0.1) is 0 Å². The summed E-state index contributed by atoms with van der Waals surface area (Å²) in [6.45, 7) is 6.62. The van der Waals surface area contributed by atoms with Crippen LogP contribution in [0.1, 0.15) is 49.8 Å². The van der Waals surface area contributed by atoms with Crippen molar-refractivity contribution in [2.45, 2.75) is 45.6 Å². The summed E-state index contributed by atoms with van der Waals surface area (Å²) in [4.78, 5) is 23.7. The smallest absolute Gasteiger partial charge is 0.337 e. The maximum Gasteiger partial charge on any atom is 0.337 e. The van der Waals surface area contributed by atoms with Crippen LogP contribution in [0.15, 0.2) is 54.2 Å². The molecular formula is C23H26N2O4. The summed E-state index contributed by atoms with van der Waals surface area (Å²) < 4.78 is 5.71. The third-order valence-electron chi connectivity index (χ3n) is 5.26. The minimum atomic E-state index is -0.751. The summed E-state index contributed by atoms with van der Waals surface area (Å²) in [7, 11) is 0. The minimum Gasteiger partial charge on any atom is -0.494 e. The molecule has 2 aromatic rings. The largest absolute Gasteiger partial charge is 0.494 e. The van der Waals surface area contributed by atoms with Gasteiger partial charge in [0.15, 0.2) is 0 Å². The average Bonchev–Trinajstić information content (AvgIpc) is 2.68. The fraction of sp³-hybridized carbons (Fsp3) is 0.348. The van der Waals surface area contributed by atoms with Crippen LogP contribution < -0.4 is 10.1 Å². The lowest BCUT2D eigenvalue weighted by molar-refractivity contribution is -0.418. The van der Waals surface area contributed by atoms with E-state index in [-0.39, 0.29) is 5.70 Å². The Morgan fingerprint density at radius 2 is 1.79 bits per heavy atom. The predicted octanol–water partition coefficient (Wildman–Crippen LogP) is 4.60. The van der Waals surface area contributed by atoms with Gasteiger partial charge in [0.1, 0.15) is 5.75 Å². The van der Waals surface area contributed by atoms with Crippen LogP contribution in [0.4, 0.5) is 0 Å². The zero-order valence-electron chi connectivity index (χ0n) is 17.0. The van der Waals surface area contributed by atoms with E-state index in [0.29, 0.717) is 24.2 Å². The van der Waals surface area contributed by atoms with Crippen LogP contribution >= 0.6 is 0 Å². The second-order valence-electron chi connectivity index (χ2n) is 7.64. The number of nitrogens with one attached hydrogen (secondary N) is 1. The molecular weight excluding hydrogens is 368 g/mol. The van der Waals surface area contributed by atoms with Gasteiger partial charge in [0.25, 0.3) is 0 Å². The number of hydrogen-bond acceptors (Lipinski definition) is 4. The molecule has 1 unspecified atom stereocenters. The van der Waals surface area contributed by atoms with Crippen molar-refractivity contribution in [2.75, 3.05) is 6.61 Å². The number of amides is 1. The molecule has 29 heavy (non-hydrogen) atoms. The van der Waals surface area contributed by atoms with Gasteiger partial charge in [0.2, 0.25) is 0 Å². The molecule has 152 valence electrons. The highest BCUT2D eigenvalue weighted by Gasteiger charge is 2.42. The van der Waals surface area contributed by atoms with Gasteiger partial charge in [0, 0.05) is 12.0 Å². The average molecular weight is 394 g/mol. The summed E-state index contributed by atoms with van der Waals surface area (Å²) in [6.07, 6.45) is 2.38. The van der Waals surface area contributed by atoms with Crippen molar-refractivity contribution in [3.05, 3.63) is 81.0 Å². The third kappa shape index (κ3) is 4.47. The van der Waals surface area contributed by atoms with Crippen LogP contribution in [0.2, 0.25) is 0 Å². The SMILES string of the molecule is CCCCOc1ccc(C2(C)CC(c3ccc(C)cc3)=C([N+](=O)[O-])C(=O)N2)cc1. The molecule has 0 saturated carbocycles. The van der Waals surface area contributed by atoms with Crippen molar-refractivity contribution in [3.63, 3.8) is 0 Å². The first-order valence-electron chi connectivity index (χ1n) is 9.84. The normalized spacial score (nSPS) is 19.1. The summed E-state index contributed by atoms with van der Waals surface area (Å²) >= 11 is 0. The van der Waals surface area contributed by atoms with Crippen molar-refractivity contribution in [1.82, 2.24) is 5.32 Å². The number of unbranched alkanes of at least 4 members (excludes halogenated alkanes) is 1. The zero-order valence-corrected chi connectivity index (χ0v) is 17.0. The number of nitrogens with zero attached hydrogens (tertiary/aromatic N) is 1. The number of hydrogen-bond donors (Lipinski definition) is 1. The quantitative estimate of drug-likeness (QED) is 0.423. The van der Waals surface area contributed by atoms with Crippen LogP contribution in [0.3, 0.4) is 0 Å². The fourth-order valence-corrected chi connectivity index (χ4v) is 3.54. The molecule has 1 N–H and O–H groups in total. The fourth-order valence-electron chi connectivity index (χ4n) is 3.54. The molecule has 1 amide bonds. The van der Waals surface area contributed by atoms with Crippen molar-refractivity contribution in [1.29, 1.82) is 0 Å². The van der Waals surface area contributed by atoms with Crippen LogP contribution in [0.25, 0.3) is 5.57 Å². The second-order valence-corrected chi connectivity index (χ2v) is 7.64. The lowest BCUT2D eigenvalue weighted by atomic mass is 9.80. The van der Waals surface area contributed by atoms with E-state index in [1.807, 2.05) is 62.4 Å². The highest BCUT2D eigenvalue weighted by atomic mass is 16.6. The molecule has 1 aliphatic rings. The van der Waals surface area contributed by atoms with E-state index >= 15 is 0 Å². The molecule has 0 aliphatic carbocycles. The zero-order chi connectivity index (χ0) is 21.0. The van der Waals surface area contributed by atoms with Gasteiger partial charge in [-0.25, -0.2) is 0 Å². The van der Waals surface area contributed by atoms with Crippen molar-refractivity contribution < 1.29 is 14.5 Å². The minimum absolute atomic E-state index is 0.328. The number of carbonyl (C=O) groups excluding carboxylic acids is 1. The summed E-state index contributed by atoms with van der Waals surface area (Å²) in [6, 6.07) is 15.0. The number of aryl methyl sites for hydroxylation is 1. The summed E-state index contributed by atoms with van der Waals surface area (Å²) in [5.74, 6) is 0.107. The van der Waals surface area contributed by atoms with E-state index in [1.54, 1.807) is 0 Å². The number of ether oxygens (including phenoxy) is 1. The molecule has 1 aliphatic heterocycles. The standard InChI is InChI=1S/C23H26N2O4/c1-4-5-14-29-19-12-10-18(11-13-19)23(3)15-20(17-8-6-16(2)7-9-17)21(25(27)28)22(26)24-23/h6-13H,4-5,14-15H2,1-3H3,(H,24,26). The molecule has 0 bridgehead atoms. The van der Waals surface area contributed by atoms with E-state index in [4.69, 9.17) is 4.74 Å². The maximum atomic E-state index is 12.7. The first kappa shape index (κ1) is 20.6. The van der Waals surface area contributed by atoms with Crippen LogP contribution in [-0.4, -0.2) is 17.4 Å². The Hall–Kier alpha value is -3.15. The monoisotopic (exact) mass is 394 g/mol. The third-order valence-corrected chi connectivity index (χ3v) is 5.26. The molecule has 1 atom stereocenters. The topological polar surface area (TPSA) is 81.5 Å². The van der Waals surface area contributed by atoms with Crippen LogP contribution in [-0.2, 0) is 10.3 Å². The first-order chi connectivity index (χ1) is 13.8. The molecule has 0 saturated heterocycles. The first-order valence-corrected chi connectivity index (χ1v) is 9.84. The molecule has 0 spiro atoms. The Labute approximate surface area is 170 Å². The van der Waals surface area contributed by atoms with Crippen LogP contribution in [0.5, 0.6) is 5.75 Å².